The maximum absolute atomic E-state index is 5.49. The molecule has 1 aliphatic rings. The lowest BCUT2D eigenvalue weighted by molar-refractivity contribution is -0.000184. The van der Waals surface area contributed by atoms with Crippen LogP contribution in [0.2, 0.25) is 0 Å². The monoisotopic (exact) mass is 171 g/mol. The van der Waals surface area contributed by atoms with Crippen molar-refractivity contribution in [3.8, 4) is 0 Å². The predicted octanol–water partition coefficient (Wildman–Crippen LogP) is 1.90. The Morgan fingerprint density at radius 2 is 2.00 bits per heavy atom. The summed E-state index contributed by atoms with van der Waals surface area (Å²) in [4.78, 5) is 2.41. The van der Waals surface area contributed by atoms with Gasteiger partial charge in [-0.3, -0.25) is 0 Å². The summed E-state index contributed by atoms with van der Waals surface area (Å²) in [5.41, 5.74) is 0. The van der Waals surface area contributed by atoms with Gasteiger partial charge in [0.1, 0.15) is 0 Å². The lowest BCUT2D eigenvalue weighted by Crippen LogP contribution is -2.44. The van der Waals surface area contributed by atoms with Crippen LogP contribution < -0.4 is 0 Å². The van der Waals surface area contributed by atoms with Crippen LogP contribution in [0.15, 0.2) is 0 Å². The fourth-order valence-corrected chi connectivity index (χ4v) is 2.09. The zero-order chi connectivity index (χ0) is 8.97. The van der Waals surface area contributed by atoms with Gasteiger partial charge in [-0.1, -0.05) is 19.8 Å². The molecule has 0 bridgehead atoms. The minimum absolute atomic E-state index is 0.476. The van der Waals surface area contributed by atoms with Crippen molar-refractivity contribution >= 4 is 0 Å². The van der Waals surface area contributed by atoms with E-state index in [0.717, 1.165) is 6.54 Å². The quantitative estimate of drug-likeness (QED) is 0.643. The Hall–Kier alpha value is -0.0800. The lowest BCUT2D eigenvalue weighted by atomic mass is 9.91. The van der Waals surface area contributed by atoms with E-state index >= 15 is 0 Å². The molecule has 1 aliphatic carbocycles. The Morgan fingerprint density at radius 3 is 2.58 bits per heavy atom. The topological polar surface area (TPSA) is 12.5 Å². The number of rotatable bonds is 3. The molecule has 0 aliphatic heterocycles. The molecule has 0 aromatic rings. The highest BCUT2D eigenvalue weighted by Gasteiger charge is 2.26. The zero-order valence-electron chi connectivity index (χ0n) is 8.55. The average molecular weight is 171 g/mol. The fraction of sp³-hybridized carbons (Fsp3) is 1.00. The van der Waals surface area contributed by atoms with Crippen LogP contribution in [0, 0.1) is 0 Å². The van der Waals surface area contributed by atoms with Crippen LogP contribution >= 0.6 is 0 Å². The van der Waals surface area contributed by atoms with Crippen molar-refractivity contribution in [2.45, 2.75) is 44.8 Å². The van der Waals surface area contributed by atoms with E-state index in [1.54, 1.807) is 0 Å². The van der Waals surface area contributed by atoms with Gasteiger partial charge in [-0.25, -0.2) is 0 Å². The van der Waals surface area contributed by atoms with E-state index in [9.17, 15) is 0 Å². The molecule has 1 fully saturated rings. The third-order valence-electron chi connectivity index (χ3n) is 3.04. The Kier molecular flexibility index (Phi) is 4.02. The molecule has 0 saturated heterocycles. The second kappa shape index (κ2) is 4.83. The number of likely N-dealkylation sites (N-methyl/N-ethyl adjacent to an activating group) is 1. The largest absolute Gasteiger partial charge is 0.380 e. The van der Waals surface area contributed by atoms with Gasteiger partial charge in [0.05, 0.1) is 6.10 Å². The summed E-state index contributed by atoms with van der Waals surface area (Å²) in [6.45, 7) is 3.34. The number of ether oxygens (including phenoxy) is 1. The van der Waals surface area contributed by atoms with Crippen LogP contribution in [0.5, 0.6) is 0 Å². The van der Waals surface area contributed by atoms with Gasteiger partial charge in [-0.2, -0.15) is 0 Å². The minimum Gasteiger partial charge on any atom is -0.380 e. The van der Waals surface area contributed by atoms with E-state index in [1.165, 1.54) is 25.7 Å². The second-order valence-corrected chi connectivity index (χ2v) is 3.70. The lowest BCUT2D eigenvalue weighted by Gasteiger charge is -2.36. The molecule has 0 spiro atoms. The molecule has 2 heteroatoms. The summed E-state index contributed by atoms with van der Waals surface area (Å²) in [5, 5.41) is 0. The highest BCUT2D eigenvalue weighted by molar-refractivity contribution is 4.81. The maximum atomic E-state index is 5.49. The number of hydrogen-bond donors (Lipinski definition) is 0. The molecule has 1 rings (SSSR count). The molecule has 0 amide bonds. The van der Waals surface area contributed by atoms with Crippen molar-refractivity contribution in [1.82, 2.24) is 4.90 Å². The molecule has 0 N–H and O–H groups in total. The van der Waals surface area contributed by atoms with E-state index in [0.29, 0.717) is 12.1 Å². The summed E-state index contributed by atoms with van der Waals surface area (Å²) in [6, 6.07) is 0.661. The standard InChI is InChI=1S/C10H21NO/c1-4-11(2)9-7-5-6-8-10(9)12-3/h9-10H,4-8H2,1-3H3/t9-,10-/m1/s1. The number of hydrogen-bond acceptors (Lipinski definition) is 2. The van der Waals surface area contributed by atoms with Gasteiger partial charge in [-0.05, 0) is 26.4 Å². The smallest absolute Gasteiger partial charge is 0.0726 e. The third kappa shape index (κ3) is 2.20. The summed E-state index contributed by atoms with van der Waals surface area (Å²) < 4.78 is 5.49. The molecule has 12 heavy (non-hydrogen) atoms. The van der Waals surface area contributed by atoms with Gasteiger partial charge in [0.15, 0.2) is 0 Å². The van der Waals surface area contributed by atoms with Gasteiger partial charge in [0.25, 0.3) is 0 Å². The van der Waals surface area contributed by atoms with Gasteiger partial charge in [0, 0.05) is 13.2 Å². The van der Waals surface area contributed by atoms with Gasteiger partial charge >= 0.3 is 0 Å². The van der Waals surface area contributed by atoms with Crippen molar-refractivity contribution < 1.29 is 4.74 Å². The van der Waals surface area contributed by atoms with Crippen molar-refractivity contribution in [3.63, 3.8) is 0 Å². The van der Waals surface area contributed by atoms with Crippen LogP contribution in [0.25, 0.3) is 0 Å². The number of nitrogens with zero attached hydrogens (tertiary/aromatic N) is 1. The van der Waals surface area contributed by atoms with E-state index in [2.05, 4.69) is 18.9 Å². The van der Waals surface area contributed by atoms with E-state index in [1.807, 2.05) is 7.11 Å². The second-order valence-electron chi connectivity index (χ2n) is 3.70. The molecule has 0 aromatic heterocycles. The molecule has 0 aromatic carbocycles. The van der Waals surface area contributed by atoms with Gasteiger partial charge in [0.2, 0.25) is 0 Å². The Morgan fingerprint density at radius 1 is 1.33 bits per heavy atom. The molecule has 72 valence electrons. The van der Waals surface area contributed by atoms with Crippen molar-refractivity contribution in [1.29, 1.82) is 0 Å². The van der Waals surface area contributed by atoms with Crippen LogP contribution in [0.4, 0.5) is 0 Å². The van der Waals surface area contributed by atoms with E-state index in [-0.39, 0.29) is 0 Å². The van der Waals surface area contributed by atoms with Crippen LogP contribution in [0.1, 0.15) is 32.6 Å². The summed E-state index contributed by atoms with van der Waals surface area (Å²) in [7, 11) is 4.04. The molecular formula is C10H21NO. The molecule has 1 saturated carbocycles. The molecule has 0 heterocycles. The first-order valence-corrected chi connectivity index (χ1v) is 5.02. The highest BCUT2D eigenvalue weighted by atomic mass is 16.5. The van der Waals surface area contributed by atoms with E-state index < -0.39 is 0 Å². The minimum atomic E-state index is 0.476. The molecule has 0 radical (unpaired) electrons. The van der Waals surface area contributed by atoms with Crippen molar-refractivity contribution in [2.24, 2.45) is 0 Å². The van der Waals surface area contributed by atoms with Crippen molar-refractivity contribution in [3.05, 3.63) is 0 Å². The van der Waals surface area contributed by atoms with Crippen LogP contribution in [-0.2, 0) is 4.74 Å². The third-order valence-corrected chi connectivity index (χ3v) is 3.04. The fourth-order valence-electron chi connectivity index (χ4n) is 2.09. The average Bonchev–Trinajstić information content (AvgIpc) is 2.16. The first-order valence-electron chi connectivity index (χ1n) is 5.02. The first-order chi connectivity index (χ1) is 5.79. The van der Waals surface area contributed by atoms with Gasteiger partial charge < -0.3 is 9.64 Å². The van der Waals surface area contributed by atoms with Gasteiger partial charge in [-0.15, -0.1) is 0 Å². The Bertz CT molecular complexity index is 127. The normalized spacial score (nSPS) is 31.0. The maximum Gasteiger partial charge on any atom is 0.0726 e. The SMILES string of the molecule is CCN(C)[C@@H]1CCCC[C@H]1OC. The zero-order valence-corrected chi connectivity index (χ0v) is 8.55. The molecule has 2 atom stereocenters. The summed E-state index contributed by atoms with van der Waals surface area (Å²) >= 11 is 0. The highest BCUT2D eigenvalue weighted by Crippen LogP contribution is 2.24. The molecular weight excluding hydrogens is 150 g/mol. The summed E-state index contributed by atoms with van der Waals surface area (Å²) in [5.74, 6) is 0. The van der Waals surface area contributed by atoms with E-state index in [4.69, 9.17) is 4.74 Å². The Balaban J connectivity index is 2.46. The molecule has 2 nitrogen and oxygen atoms in total. The van der Waals surface area contributed by atoms with Crippen LogP contribution in [-0.4, -0.2) is 37.7 Å². The Labute approximate surface area is 75.9 Å². The van der Waals surface area contributed by atoms with Crippen LogP contribution in [0.3, 0.4) is 0 Å². The number of methoxy groups -OCH3 is 1. The summed E-state index contributed by atoms with van der Waals surface area (Å²) in [6.07, 6.45) is 5.74. The first kappa shape index (κ1) is 10.0. The molecule has 0 unspecified atom stereocenters. The predicted molar refractivity (Wildman–Crippen MR) is 51.4 cm³/mol. The van der Waals surface area contributed by atoms with Crippen molar-refractivity contribution in [2.75, 3.05) is 20.7 Å².